The van der Waals surface area contributed by atoms with Gasteiger partial charge in [-0.25, -0.2) is 0 Å². The molecule has 3 rings (SSSR count). The number of hydrogen-bond acceptors (Lipinski definition) is 4. The smallest absolute Gasteiger partial charge is 0.305 e. The van der Waals surface area contributed by atoms with Gasteiger partial charge in [0, 0.05) is 18.5 Å². The van der Waals surface area contributed by atoms with Gasteiger partial charge in [0.25, 0.3) is 6.29 Å². The van der Waals surface area contributed by atoms with Crippen LogP contribution in [-0.4, -0.2) is 11.0 Å². The molecule has 122 valence electrons. The van der Waals surface area contributed by atoms with Gasteiger partial charge in [-0.05, 0) is 24.3 Å². The van der Waals surface area contributed by atoms with Gasteiger partial charge in [-0.15, -0.1) is 0 Å². The fraction of sp³-hybridized carbons (Fsp3) is 0.111. The Labute approximate surface area is 148 Å². The minimum atomic E-state index is -1.02. The summed E-state index contributed by atoms with van der Waals surface area (Å²) in [5.74, 6) is 0.0590. The highest BCUT2D eigenvalue weighted by Crippen LogP contribution is 2.34. The first kappa shape index (κ1) is 16.6. The summed E-state index contributed by atoms with van der Waals surface area (Å²) in [4.78, 5) is 15.9. The number of rotatable bonds is 4. The summed E-state index contributed by atoms with van der Waals surface area (Å²) in [7, 11) is 0. The zero-order valence-corrected chi connectivity index (χ0v) is 14.2. The maximum absolute atomic E-state index is 11.5. The molecule has 0 radical (unpaired) electrons. The normalized spacial score (nSPS) is 12.0. The molecule has 6 heteroatoms. The van der Waals surface area contributed by atoms with Crippen LogP contribution in [0.3, 0.4) is 0 Å². The summed E-state index contributed by atoms with van der Waals surface area (Å²) in [6.07, 6.45) is 0.492. The van der Waals surface area contributed by atoms with Crippen molar-refractivity contribution in [2.75, 3.05) is 0 Å². The lowest BCUT2D eigenvalue weighted by Crippen LogP contribution is -2.16. The molecular weight excluding hydrogens is 349 g/mol. The standard InChI is InChI=1S/C18H13Cl2NO3/c1-11(22)23-18(24-14-5-3-2-4-6-14)16-15(20)8-7-12-9-13(19)10-21-17(12)16/h2-10,18H,1H3. The molecule has 24 heavy (non-hydrogen) atoms. The summed E-state index contributed by atoms with van der Waals surface area (Å²) >= 11 is 12.3. The quantitative estimate of drug-likeness (QED) is 0.474. The number of halogens is 2. The predicted molar refractivity (Wildman–Crippen MR) is 93.3 cm³/mol. The lowest BCUT2D eigenvalue weighted by Gasteiger charge is -2.21. The van der Waals surface area contributed by atoms with E-state index in [0.717, 1.165) is 5.39 Å². The first-order chi connectivity index (χ1) is 11.5. The van der Waals surface area contributed by atoms with Crippen molar-refractivity contribution in [3.63, 3.8) is 0 Å². The molecule has 0 amide bonds. The lowest BCUT2D eigenvalue weighted by atomic mass is 10.1. The molecule has 2 aromatic carbocycles. The molecule has 0 spiro atoms. The van der Waals surface area contributed by atoms with Crippen LogP contribution in [0.15, 0.2) is 54.7 Å². The molecule has 0 aliphatic heterocycles. The van der Waals surface area contributed by atoms with Crippen LogP contribution in [0.5, 0.6) is 5.75 Å². The third kappa shape index (κ3) is 3.61. The van der Waals surface area contributed by atoms with Crippen molar-refractivity contribution in [2.24, 2.45) is 0 Å². The van der Waals surface area contributed by atoms with Gasteiger partial charge >= 0.3 is 5.97 Å². The molecule has 3 aromatic rings. The topological polar surface area (TPSA) is 48.4 Å². The maximum Gasteiger partial charge on any atom is 0.305 e. The van der Waals surface area contributed by atoms with Crippen LogP contribution < -0.4 is 4.74 Å². The van der Waals surface area contributed by atoms with E-state index >= 15 is 0 Å². The molecule has 4 nitrogen and oxygen atoms in total. The highest BCUT2D eigenvalue weighted by atomic mass is 35.5. The average Bonchev–Trinajstić information content (AvgIpc) is 2.55. The van der Waals surface area contributed by atoms with Crippen LogP contribution in [-0.2, 0) is 9.53 Å². The van der Waals surface area contributed by atoms with Crippen molar-refractivity contribution in [1.82, 2.24) is 4.98 Å². The number of carbonyl (C=O) groups is 1. The van der Waals surface area contributed by atoms with E-state index < -0.39 is 12.3 Å². The predicted octanol–water partition coefficient (Wildman–Crippen LogP) is 5.18. The van der Waals surface area contributed by atoms with E-state index in [-0.39, 0.29) is 0 Å². The molecule has 0 bridgehead atoms. The van der Waals surface area contributed by atoms with Crippen molar-refractivity contribution >= 4 is 40.1 Å². The minimum absolute atomic E-state index is 0.388. The van der Waals surface area contributed by atoms with Crippen molar-refractivity contribution < 1.29 is 14.3 Å². The molecule has 1 heterocycles. The van der Waals surface area contributed by atoms with Gasteiger partial charge in [-0.1, -0.05) is 47.5 Å². The van der Waals surface area contributed by atoms with Crippen molar-refractivity contribution in [2.45, 2.75) is 13.2 Å². The second-order valence-electron chi connectivity index (χ2n) is 5.06. The summed E-state index contributed by atoms with van der Waals surface area (Å²) in [5.41, 5.74) is 1.04. The largest absolute Gasteiger partial charge is 0.450 e. The molecule has 0 aliphatic rings. The fourth-order valence-electron chi connectivity index (χ4n) is 2.31. The number of hydrogen-bond donors (Lipinski definition) is 0. The first-order valence-electron chi connectivity index (χ1n) is 7.17. The Kier molecular flexibility index (Phi) is 4.88. The van der Waals surface area contributed by atoms with Gasteiger partial charge in [0.2, 0.25) is 0 Å². The van der Waals surface area contributed by atoms with E-state index in [1.165, 1.54) is 13.1 Å². The van der Waals surface area contributed by atoms with Crippen LogP contribution >= 0.6 is 23.2 Å². The molecule has 0 fully saturated rings. The Balaban J connectivity index is 2.11. The summed E-state index contributed by atoms with van der Waals surface area (Å²) in [6, 6.07) is 14.3. The molecular formula is C18H13Cl2NO3. The Morgan fingerprint density at radius 2 is 1.88 bits per heavy atom. The SMILES string of the molecule is CC(=O)OC(Oc1ccccc1)c1c(Cl)ccc2cc(Cl)cnc12. The second-order valence-corrected chi connectivity index (χ2v) is 5.90. The number of pyridine rings is 1. The molecule has 0 N–H and O–H groups in total. The van der Waals surface area contributed by atoms with Crippen LogP contribution in [0.1, 0.15) is 18.8 Å². The van der Waals surface area contributed by atoms with Crippen LogP contribution in [0.25, 0.3) is 10.9 Å². The van der Waals surface area contributed by atoms with E-state index in [0.29, 0.717) is 26.9 Å². The van der Waals surface area contributed by atoms with E-state index in [4.69, 9.17) is 32.7 Å². The molecule has 1 atom stereocenters. The zero-order chi connectivity index (χ0) is 17.1. The van der Waals surface area contributed by atoms with E-state index in [1.807, 2.05) is 18.2 Å². The highest BCUT2D eigenvalue weighted by molar-refractivity contribution is 6.33. The van der Waals surface area contributed by atoms with Gasteiger partial charge in [0.15, 0.2) is 0 Å². The van der Waals surface area contributed by atoms with E-state index in [1.54, 1.807) is 30.3 Å². The van der Waals surface area contributed by atoms with E-state index in [9.17, 15) is 4.79 Å². The highest BCUT2D eigenvalue weighted by Gasteiger charge is 2.23. The number of ether oxygens (including phenoxy) is 2. The Morgan fingerprint density at radius 3 is 2.58 bits per heavy atom. The third-order valence-electron chi connectivity index (χ3n) is 3.30. The monoisotopic (exact) mass is 361 g/mol. The molecule has 0 aliphatic carbocycles. The summed E-state index contributed by atoms with van der Waals surface area (Å²) in [5, 5.41) is 1.67. The number of fused-ring (bicyclic) bond motifs is 1. The summed E-state index contributed by atoms with van der Waals surface area (Å²) < 4.78 is 11.2. The molecule has 1 aromatic heterocycles. The first-order valence-corrected chi connectivity index (χ1v) is 7.93. The fourth-order valence-corrected chi connectivity index (χ4v) is 2.72. The zero-order valence-electron chi connectivity index (χ0n) is 12.7. The third-order valence-corrected chi connectivity index (χ3v) is 3.84. The summed E-state index contributed by atoms with van der Waals surface area (Å²) in [6.45, 7) is 1.31. The van der Waals surface area contributed by atoms with Crippen LogP contribution in [0, 0.1) is 0 Å². The molecule has 0 saturated carbocycles. The molecule has 1 unspecified atom stereocenters. The van der Waals surface area contributed by atoms with E-state index in [2.05, 4.69) is 4.98 Å². The number of carbonyl (C=O) groups excluding carboxylic acids is 1. The lowest BCUT2D eigenvalue weighted by molar-refractivity contribution is -0.161. The van der Waals surface area contributed by atoms with Crippen molar-refractivity contribution in [1.29, 1.82) is 0 Å². The van der Waals surface area contributed by atoms with Gasteiger partial charge in [0.05, 0.1) is 21.1 Å². The van der Waals surface area contributed by atoms with Gasteiger partial charge in [-0.3, -0.25) is 9.78 Å². The Morgan fingerprint density at radius 1 is 1.12 bits per heavy atom. The maximum atomic E-state index is 11.5. The van der Waals surface area contributed by atoms with Crippen LogP contribution in [0.2, 0.25) is 10.0 Å². The number of aromatic nitrogens is 1. The molecule has 0 saturated heterocycles. The Bertz CT molecular complexity index is 884. The van der Waals surface area contributed by atoms with Crippen molar-refractivity contribution in [3.05, 3.63) is 70.3 Å². The Hall–Kier alpha value is -2.30. The average molecular weight is 362 g/mol. The number of benzene rings is 2. The van der Waals surface area contributed by atoms with Gasteiger partial charge in [-0.2, -0.15) is 0 Å². The second kappa shape index (κ2) is 7.07. The number of nitrogens with zero attached hydrogens (tertiary/aromatic N) is 1. The van der Waals surface area contributed by atoms with Gasteiger partial charge in [0.1, 0.15) is 5.75 Å². The minimum Gasteiger partial charge on any atom is -0.450 e. The van der Waals surface area contributed by atoms with Crippen molar-refractivity contribution in [3.8, 4) is 5.75 Å². The van der Waals surface area contributed by atoms with Crippen LogP contribution in [0.4, 0.5) is 0 Å². The number of para-hydroxylation sites is 1. The number of esters is 1. The van der Waals surface area contributed by atoms with Gasteiger partial charge < -0.3 is 9.47 Å².